The Kier molecular flexibility index (Phi) is 127. The Labute approximate surface area is 146 Å². The zero-order valence-corrected chi connectivity index (χ0v) is 16.5. The van der Waals surface area contributed by atoms with Crippen molar-refractivity contribution < 1.29 is 46.6 Å². The molecule has 0 aliphatic rings. The second-order valence-corrected chi connectivity index (χ2v) is 3.52. The van der Waals surface area contributed by atoms with Gasteiger partial charge in [0.1, 0.15) is 0 Å². The minimum Gasteiger partial charge on any atom is -0.854 e. The third-order valence-electron chi connectivity index (χ3n) is 1.02. The Morgan fingerprint density at radius 3 is 0.429 bits per heavy atom. The van der Waals surface area contributed by atoms with Crippen molar-refractivity contribution in [3.63, 3.8) is 0 Å². The second-order valence-electron chi connectivity index (χ2n) is 3.52. The van der Waals surface area contributed by atoms with E-state index in [2.05, 4.69) is 0 Å². The smallest absolute Gasteiger partial charge is 0 e. The Balaban J connectivity index is -0.0000000331. The van der Waals surface area contributed by atoms with Gasteiger partial charge in [-0.2, -0.15) is 0 Å². The van der Waals surface area contributed by atoms with Crippen molar-refractivity contribution >= 4 is 0 Å². The first-order valence-corrected chi connectivity index (χ1v) is 7.48. The van der Waals surface area contributed by atoms with E-state index in [1.54, 1.807) is 0 Å². The molecule has 0 aromatic rings. The van der Waals surface area contributed by atoms with Gasteiger partial charge < -0.3 is 25.5 Å². The van der Waals surface area contributed by atoms with Crippen LogP contribution >= 0.6 is 0 Å². The van der Waals surface area contributed by atoms with Gasteiger partial charge in [-0.15, -0.1) is 33.0 Å². The van der Waals surface area contributed by atoms with Crippen LogP contribution in [-0.2, 0) is 21.1 Å². The normalized spacial score (nSPS) is 7.14. The van der Waals surface area contributed by atoms with E-state index in [4.69, 9.17) is 0 Å². The Morgan fingerprint density at radius 1 is 0.381 bits per heavy atom. The van der Waals surface area contributed by atoms with Gasteiger partial charge in [0.05, 0.1) is 0 Å². The van der Waals surface area contributed by atoms with Crippen LogP contribution in [0.5, 0.6) is 0 Å². The zero-order chi connectivity index (χ0) is 17.1. The van der Waals surface area contributed by atoms with Gasteiger partial charge in [-0.05, 0) is 0 Å². The fourth-order valence-corrected chi connectivity index (χ4v) is 0. The molecule has 0 aromatic carbocycles. The number of rotatable bonds is 5. The van der Waals surface area contributed by atoms with Crippen molar-refractivity contribution in [3.05, 3.63) is 0 Å². The summed E-state index contributed by atoms with van der Waals surface area (Å²) in [5, 5.41) is 46.5. The molecule has 136 valence electrons. The molecule has 0 spiro atoms. The van der Waals surface area contributed by atoms with Crippen molar-refractivity contribution in [2.24, 2.45) is 0 Å². The number of hydrogen-bond acceptors (Lipinski definition) is 5. The van der Waals surface area contributed by atoms with Crippen molar-refractivity contribution in [2.45, 2.75) is 66.7 Å². The average Bonchev–Trinajstić information content (AvgIpc) is 2.55. The standard InChI is InChI=1S/5C3H7O.Mo/c5*1-2-3-4;/h5*2-3H2,1H3;/q5*-1;. The molecule has 0 aliphatic heterocycles. The fraction of sp³-hybridized carbons (Fsp3) is 1.00. The van der Waals surface area contributed by atoms with Gasteiger partial charge in [0.25, 0.3) is 0 Å². The molecule has 0 fully saturated rings. The van der Waals surface area contributed by atoms with Crippen LogP contribution in [0.15, 0.2) is 0 Å². The predicted octanol–water partition coefficient (Wildman–Crippen LogP) is -1.22. The average molecular weight is 391 g/mol. The molecule has 0 saturated heterocycles. The quantitative estimate of drug-likeness (QED) is 0.545. The predicted molar refractivity (Wildman–Crippen MR) is 75.8 cm³/mol. The van der Waals surface area contributed by atoms with E-state index in [1.807, 2.05) is 34.6 Å². The first-order chi connectivity index (χ1) is 9.57. The monoisotopic (exact) mass is 393 g/mol. The fourth-order valence-electron chi connectivity index (χ4n) is 0. The van der Waals surface area contributed by atoms with Gasteiger partial charge in [0.2, 0.25) is 0 Å². The summed E-state index contributed by atoms with van der Waals surface area (Å²) in [4.78, 5) is 0. The molecule has 6 heteroatoms. The van der Waals surface area contributed by atoms with Gasteiger partial charge >= 0.3 is 0 Å². The molecule has 0 N–H and O–H groups in total. The van der Waals surface area contributed by atoms with E-state index in [0.717, 1.165) is 32.1 Å². The van der Waals surface area contributed by atoms with E-state index in [0.29, 0.717) is 0 Å². The van der Waals surface area contributed by atoms with Crippen LogP contribution in [0.1, 0.15) is 66.7 Å². The van der Waals surface area contributed by atoms with Crippen LogP contribution in [0.4, 0.5) is 0 Å². The van der Waals surface area contributed by atoms with Crippen molar-refractivity contribution in [1.29, 1.82) is 0 Å². The molecule has 0 unspecified atom stereocenters. The Bertz CT molecular complexity index is 55.2. The zero-order valence-electron chi connectivity index (χ0n) is 14.5. The van der Waals surface area contributed by atoms with Gasteiger partial charge in [-0.25, -0.2) is 0 Å². The molecule has 0 radical (unpaired) electrons. The Morgan fingerprint density at radius 2 is 0.429 bits per heavy atom. The van der Waals surface area contributed by atoms with Gasteiger partial charge in [0, 0.05) is 21.1 Å². The molecule has 0 aliphatic carbocycles. The largest absolute Gasteiger partial charge is 0.854 e. The topological polar surface area (TPSA) is 115 Å². The van der Waals surface area contributed by atoms with E-state index in [-0.39, 0.29) is 54.1 Å². The molecule has 0 bridgehead atoms. The van der Waals surface area contributed by atoms with Crippen LogP contribution in [0.3, 0.4) is 0 Å². The second kappa shape index (κ2) is 70.7. The van der Waals surface area contributed by atoms with Crippen LogP contribution < -0.4 is 25.5 Å². The maximum atomic E-state index is 9.30. The summed E-state index contributed by atoms with van der Waals surface area (Å²) in [6, 6.07) is 0. The molecule has 0 aromatic heterocycles. The maximum Gasteiger partial charge on any atom is 0 e. The molecule has 0 rings (SSSR count). The van der Waals surface area contributed by atoms with Crippen molar-refractivity contribution in [1.82, 2.24) is 0 Å². The van der Waals surface area contributed by atoms with Crippen LogP contribution in [-0.4, -0.2) is 33.0 Å². The molecule has 5 nitrogen and oxygen atoms in total. The summed E-state index contributed by atoms with van der Waals surface area (Å²) in [5.74, 6) is 0. The van der Waals surface area contributed by atoms with Gasteiger partial charge in [-0.1, -0.05) is 66.7 Å². The first-order valence-electron chi connectivity index (χ1n) is 7.48. The maximum absolute atomic E-state index is 9.30. The Hall–Kier alpha value is 0.488. The SMILES string of the molecule is CCC[O-].CCC[O-].CCC[O-].CCC[O-].CCC[O-].[Mo]. The molecule has 21 heavy (non-hydrogen) atoms. The van der Waals surface area contributed by atoms with E-state index in [1.165, 1.54) is 0 Å². The molecular weight excluding hydrogens is 356 g/mol. The summed E-state index contributed by atoms with van der Waals surface area (Å²) in [5.41, 5.74) is 0. The first kappa shape index (κ1) is 37.6. The molecule has 0 atom stereocenters. The van der Waals surface area contributed by atoms with E-state index in [9.17, 15) is 25.5 Å². The van der Waals surface area contributed by atoms with Crippen LogP contribution in [0, 0.1) is 0 Å². The van der Waals surface area contributed by atoms with Crippen molar-refractivity contribution in [3.8, 4) is 0 Å². The molecule has 0 amide bonds. The third kappa shape index (κ3) is 233. The summed E-state index contributed by atoms with van der Waals surface area (Å²) in [6.07, 6.45) is 3.82. The minimum absolute atomic E-state index is 0. The number of hydrogen-bond donors (Lipinski definition) is 0. The summed E-state index contributed by atoms with van der Waals surface area (Å²) in [6.45, 7) is 9.69. The third-order valence-corrected chi connectivity index (χ3v) is 1.02. The van der Waals surface area contributed by atoms with E-state index < -0.39 is 0 Å². The van der Waals surface area contributed by atoms with Crippen LogP contribution in [0.2, 0.25) is 0 Å². The summed E-state index contributed by atoms with van der Waals surface area (Å²) < 4.78 is 0. The van der Waals surface area contributed by atoms with Gasteiger partial charge in [-0.3, -0.25) is 0 Å². The molecular formula is C15H35MoO5-5. The van der Waals surface area contributed by atoms with Gasteiger partial charge in [0.15, 0.2) is 0 Å². The minimum atomic E-state index is 0. The van der Waals surface area contributed by atoms with Crippen molar-refractivity contribution in [2.75, 3.05) is 33.0 Å². The summed E-state index contributed by atoms with van der Waals surface area (Å²) in [7, 11) is 0. The molecule has 0 heterocycles. The van der Waals surface area contributed by atoms with E-state index >= 15 is 0 Å². The molecule has 0 saturated carbocycles. The summed E-state index contributed by atoms with van der Waals surface area (Å²) >= 11 is 0. The van der Waals surface area contributed by atoms with Crippen LogP contribution in [0.25, 0.3) is 0 Å².